The lowest BCUT2D eigenvalue weighted by atomic mass is 10.2. The summed E-state index contributed by atoms with van der Waals surface area (Å²) in [7, 11) is 0. The first-order valence-corrected chi connectivity index (χ1v) is 9.33. The van der Waals surface area contributed by atoms with Crippen LogP contribution in [0.15, 0.2) is 78.9 Å². The molecule has 3 aromatic carbocycles. The molecule has 3 rings (SSSR count). The molecule has 0 unspecified atom stereocenters. The van der Waals surface area contributed by atoms with Crippen molar-refractivity contribution in [1.82, 2.24) is 5.32 Å². The lowest BCUT2D eigenvalue weighted by molar-refractivity contribution is 0.0977. The predicted octanol–water partition coefficient (Wildman–Crippen LogP) is 3.98. The van der Waals surface area contributed by atoms with Crippen molar-refractivity contribution in [3.63, 3.8) is 0 Å². The van der Waals surface area contributed by atoms with Crippen LogP contribution in [0.1, 0.15) is 10.4 Å². The number of nitrogens with one attached hydrogen (secondary N) is 2. The van der Waals surface area contributed by atoms with Crippen molar-refractivity contribution in [1.29, 1.82) is 0 Å². The summed E-state index contributed by atoms with van der Waals surface area (Å²) in [5.41, 5.74) is 1.11. The summed E-state index contributed by atoms with van der Waals surface area (Å²) in [5, 5.41) is 14.9. The van der Waals surface area contributed by atoms with Gasteiger partial charge in [0.05, 0.1) is 0 Å². The molecule has 0 radical (unpaired) electrons. The number of rotatable bonds is 7. The number of amides is 1. The number of anilines is 1. The fraction of sp³-hybridized carbons (Fsp3) is 0.0909. The lowest BCUT2D eigenvalue weighted by Gasteiger charge is -2.11. The molecule has 0 fully saturated rings. The number of hydrogen-bond donors (Lipinski definition) is 3. The van der Waals surface area contributed by atoms with Gasteiger partial charge in [-0.25, -0.2) is 0 Å². The highest BCUT2D eigenvalue weighted by atomic mass is 32.1. The van der Waals surface area contributed by atoms with Gasteiger partial charge >= 0.3 is 0 Å². The van der Waals surface area contributed by atoms with Crippen molar-refractivity contribution in [3.05, 3.63) is 84.4 Å². The van der Waals surface area contributed by atoms with Gasteiger partial charge in [0.1, 0.15) is 30.5 Å². The summed E-state index contributed by atoms with van der Waals surface area (Å²) < 4.78 is 11.2. The van der Waals surface area contributed by atoms with Gasteiger partial charge in [0.25, 0.3) is 5.91 Å². The number of aromatic hydroxyl groups is 1. The number of carbonyl (C=O) groups excluding carboxylic acids is 1. The Bertz CT molecular complexity index is 945. The molecule has 6 nitrogen and oxygen atoms in total. The van der Waals surface area contributed by atoms with Gasteiger partial charge in [0.2, 0.25) is 0 Å². The van der Waals surface area contributed by atoms with Gasteiger partial charge < -0.3 is 19.9 Å². The molecule has 3 N–H and O–H groups in total. The smallest absolute Gasteiger partial charge is 0.257 e. The van der Waals surface area contributed by atoms with E-state index >= 15 is 0 Å². The average Bonchev–Trinajstić information content (AvgIpc) is 2.74. The first-order chi connectivity index (χ1) is 14.1. The second kappa shape index (κ2) is 10.1. The molecule has 0 aromatic heterocycles. The van der Waals surface area contributed by atoms with Crippen molar-refractivity contribution in [3.8, 4) is 17.2 Å². The molecule has 1 amide bonds. The molecule has 0 spiro atoms. The molecule has 0 aliphatic rings. The van der Waals surface area contributed by atoms with Crippen LogP contribution < -0.4 is 20.1 Å². The first-order valence-electron chi connectivity index (χ1n) is 8.92. The molecule has 148 valence electrons. The van der Waals surface area contributed by atoms with Gasteiger partial charge in [-0.15, -0.1) is 0 Å². The van der Waals surface area contributed by atoms with Crippen LogP contribution in [0.2, 0.25) is 0 Å². The lowest BCUT2D eigenvalue weighted by Crippen LogP contribution is -2.34. The molecule has 0 bridgehead atoms. The van der Waals surface area contributed by atoms with Crippen LogP contribution in [-0.4, -0.2) is 29.3 Å². The number of thiocarbonyl (C=S) groups is 1. The number of benzene rings is 3. The zero-order valence-electron chi connectivity index (χ0n) is 15.5. The van der Waals surface area contributed by atoms with Crippen LogP contribution in [0.3, 0.4) is 0 Å². The summed E-state index contributed by atoms with van der Waals surface area (Å²) in [5.74, 6) is 1.25. The maximum Gasteiger partial charge on any atom is 0.257 e. The van der Waals surface area contributed by atoms with Crippen LogP contribution in [0.4, 0.5) is 5.69 Å². The number of carbonyl (C=O) groups is 1. The number of phenols is 1. The van der Waals surface area contributed by atoms with Crippen LogP contribution in [0.25, 0.3) is 0 Å². The molecule has 0 heterocycles. The van der Waals surface area contributed by atoms with Crippen molar-refractivity contribution < 1.29 is 19.4 Å². The minimum absolute atomic E-state index is 0.152. The molecular weight excluding hydrogens is 388 g/mol. The average molecular weight is 408 g/mol. The van der Waals surface area contributed by atoms with Gasteiger partial charge in [-0.1, -0.05) is 18.2 Å². The molecule has 0 atom stereocenters. The van der Waals surface area contributed by atoms with Crippen LogP contribution in [0.5, 0.6) is 17.2 Å². The highest BCUT2D eigenvalue weighted by Crippen LogP contribution is 2.15. The summed E-state index contributed by atoms with van der Waals surface area (Å²) >= 11 is 5.14. The Morgan fingerprint density at radius 3 is 2.03 bits per heavy atom. The minimum Gasteiger partial charge on any atom is -0.508 e. The third-order valence-corrected chi connectivity index (χ3v) is 4.04. The second-order valence-corrected chi connectivity index (χ2v) is 6.40. The zero-order valence-corrected chi connectivity index (χ0v) is 16.3. The largest absolute Gasteiger partial charge is 0.508 e. The minimum atomic E-state index is -0.333. The van der Waals surface area contributed by atoms with Gasteiger partial charge in [-0.3, -0.25) is 10.1 Å². The van der Waals surface area contributed by atoms with E-state index in [0.717, 1.165) is 5.75 Å². The highest BCUT2D eigenvalue weighted by molar-refractivity contribution is 7.80. The first kappa shape index (κ1) is 20.2. The normalized spacial score (nSPS) is 10.1. The fourth-order valence-electron chi connectivity index (χ4n) is 2.42. The van der Waals surface area contributed by atoms with E-state index in [1.165, 1.54) is 12.1 Å². The van der Waals surface area contributed by atoms with Crippen molar-refractivity contribution >= 4 is 28.9 Å². The third-order valence-electron chi connectivity index (χ3n) is 3.83. The van der Waals surface area contributed by atoms with Crippen LogP contribution >= 0.6 is 12.2 Å². The molecular formula is C22H20N2O4S. The summed E-state index contributed by atoms with van der Waals surface area (Å²) in [6, 6.07) is 22.6. The Kier molecular flexibility index (Phi) is 7.02. The van der Waals surface area contributed by atoms with Crippen LogP contribution in [0, 0.1) is 0 Å². The summed E-state index contributed by atoms with van der Waals surface area (Å²) in [6.07, 6.45) is 0. The number of ether oxygens (including phenoxy) is 2. The van der Waals surface area contributed by atoms with Crippen molar-refractivity contribution in [2.45, 2.75) is 0 Å². The van der Waals surface area contributed by atoms with E-state index in [0.29, 0.717) is 30.2 Å². The van der Waals surface area contributed by atoms with E-state index in [2.05, 4.69) is 10.6 Å². The molecule has 29 heavy (non-hydrogen) atoms. The Balaban J connectivity index is 1.43. The second-order valence-electron chi connectivity index (χ2n) is 5.99. The Morgan fingerprint density at radius 2 is 1.41 bits per heavy atom. The molecule has 0 saturated carbocycles. The fourth-order valence-corrected chi connectivity index (χ4v) is 2.63. The topological polar surface area (TPSA) is 79.8 Å². The quantitative estimate of drug-likeness (QED) is 0.312. The van der Waals surface area contributed by atoms with Gasteiger partial charge in [-0.05, 0) is 72.9 Å². The molecule has 7 heteroatoms. The van der Waals surface area contributed by atoms with Crippen molar-refractivity contribution in [2.75, 3.05) is 18.5 Å². The van der Waals surface area contributed by atoms with Gasteiger partial charge in [0, 0.05) is 11.3 Å². The number of hydrogen-bond acceptors (Lipinski definition) is 5. The molecule has 0 saturated heterocycles. The predicted molar refractivity (Wildman–Crippen MR) is 116 cm³/mol. The number of phenolic OH excluding ortho intramolecular Hbond substituents is 1. The maximum atomic E-state index is 12.3. The van der Waals surface area contributed by atoms with E-state index in [1.807, 2.05) is 30.3 Å². The Labute approximate surface area is 174 Å². The molecule has 0 aliphatic heterocycles. The van der Waals surface area contributed by atoms with E-state index in [9.17, 15) is 9.90 Å². The van der Waals surface area contributed by atoms with E-state index < -0.39 is 0 Å². The summed E-state index contributed by atoms with van der Waals surface area (Å²) in [6.45, 7) is 0.810. The SMILES string of the molecule is O=C(NC(=S)Nc1ccc(O)cc1)c1ccc(OCCOc2ccccc2)cc1. The van der Waals surface area contributed by atoms with E-state index in [-0.39, 0.29) is 16.8 Å². The summed E-state index contributed by atoms with van der Waals surface area (Å²) in [4.78, 5) is 12.3. The Hall–Kier alpha value is -3.58. The Morgan fingerprint density at radius 1 is 0.828 bits per heavy atom. The van der Waals surface area contributed by atoms with Gasteiger partial charge in [0.15, 0.2) is 5.11 Å². The van der Waals surface area contributed by atoms with Crippen LogP contribution in [-0.2, 0) is 0 Å². The molecule has 0 aliphatic carbocycles. The van der Waals surface area contributed by atoms with E-state index in [4.69, 9.17) is 21.7 Å². The standard InChI is InChI=1S/C22H20N2O4S/c25-18-10-8-17(9-11-18)23-22(29)24-21(26)16-6-12-20(13-7-16)28-15-14-27-19-4-2-1-3-5-19/h1-13,25H,14-15H2,(H2,23,24,26,29). The van der Waals surface area contributed by atoms with E-state index in [1.54, 1.807) is 36.4 Å². The van der Waals surface area contributed by atoms with Crippen molar-refractivity contribution in [2.24, 2.45) is 0 Å². The molecule has 3 aromatic rings. The van der Waals surface area contributed by atoms with Gasteiger partial charge in [-0.2, -0.15) is 0 Å². The third kappa shape index (κ3) is 6.51. The maximum absolute atomic E-state index is 12.3. The monoisotopic (exact) mass is 408 g/mol. The zero-order chi connectivity index (χ0) is 20.5. The number of para-hydroxylation sites is 1. The highest BCUT2D eigenvalue weighted by Gasteiger charge is 2.08.